The number of fused-ring (bicyclic) bond motifs is 2. The molecule has 2 atom stereocenters. The van der Waals surface area contributed by atoms with Crippen LogP contribution in [-0.2, 0) is 4.79 Å². The maximum atomic E-state index is 14.6. The van der Waals surface area contributed by atoms with E-state index in [1.165, 1.54) is 34.6 Å². The lowest BCUT2D eigenvalue weighted by Gasteiger charge is -2.40. The SMILES string of the molecule is CC(=O)c1c[nH]c2ncnc(N3CC(=O)CC(C)C3c3nn4ccc(F)c4c(=O)n3-c3ccccc3)c12. The maximum absolute atomic E-state index is 14.6. The summed E-state index contributed by atoms with van der Waals surface area (Å²) in [4.78, 5) is 52.5. The number of nitrogens with zero attached hydrogens (tertiary/aromatic N) is 6. The highest BCUT2D eigenvalue weighted by Crippen LogP contribution is 2.40. The zero-order valence-corrected chi connectivity index (χ0v) is 20.1. The Bertz CT molecular complexity index is 1750. The molecule has 0 radical (unpaired) electrons. The first-order valence-electron chi connectivity index (χ1n) is 11.8. The van der Waals surface area contributed by atoms with Gasteiger partial charge >= 0.3 is 0 Å². The van der Waals surface area contributed by atoms with Gasteiger partial charge in [0.1, 0.15) is 17.8 Å². The van der Waals surface area contributed by atoms with E-state index in [0.717, 1.165) is 0 Å². The number of piperidine rings is 1. The molecule has 4 aromatic heterocycles. The molecule has 6 rings (SSSR count). The third-order valence-electron chi connectivity index (χ3n) is 6.81. The number of anilines is 1. The minimum atomic E-state index is -0.673. The van der Waals surface area contributed by atoms with E-state index < -0.39 is 17.4 Å². The lowest BCUT2D eigenvalue weighted by Crippen LogP contribution is -2.46. The Morgan fingerprint density at radius 1 is 1.14 bits per heavy atom. The van der Waals surface area contributed by atoms with E-state index >= 15 is 0 Å². The third kappa shape index (κ3) is 3.53. The van der Waals surface area contributed by atoms with Gasteiger partial charge < -0.3 is 9.88 Å². The fraction of sp³-hybridized carbons (Fsp3) is 0.231. The van der Waals surface area contributed by atoms with Gasteiger partial charge in [-0.1, -0.05) is 25.1 Å². The Morgan fingerprint density at radius 2 is 1.92 bits per heavy atom. The van der Waals surface area contributed by atoms with E-state index in [1.807, 2.05) is 13.0 Å². The predicted molar refractivity (Wildman–Crippen MR) is 134 cm³/mol. The molecule has 2 unspecified atom stereocenters. The number of ketones is 2. The van der Waals surface area contributed by atoms with Gasteiger partial charge in [0.2, 0.25) is 0 Å². The lowest BCUT2D eigenvalue weighted by atomic mass is 9.88. The number of carbonyl (C=O) groups excluding carboxylic acids is 2. The van der Waals surface area contributed by atoms with Crippen molar-refractivity contribution in [3.05, 3.63) is 82.7 Å². The number of hydrogen-bond donors (Lipinski definition) is 1. The number of benzene rings is 1. The molecule has 1 aliphatic rings. The second-order valence-electron chi connectivity index (χ2n) is 9.26. The van der Waals surface area contributed by atoms with Crippen LogP contribution in [0.5, 0.6) is 0 Å². The molecule has 0 bridgehead atoms. The minimum absolute atomic E-state index is 0.00756. The molecule has 37 heavy (non-hydrogen) atoms. The summed E-state index contributed by atoms with van der Waals surface area (Å²) in [6.07, 6.45) is 4.59. The van der Waals surface area contributed by atoms with Gasteiger partial charge in [-0.15, -0.1) is 0 Å². The van der Waals surface area contributed by atoms with Crippen molar-refractivity contribution in [2.24, 2.45) is 5.92 Å². The van der Waals surface area contributed by atoms with Crippen LogP contribution in [0.1, 0.15) is 42.5 Å². The monoisotopic (exact) mass is 499 g/mol. The molecule has 10 nitrogen and oxygen atoms in total. The number of halogens is 1. The summed E-state index contributed by atoms with van der Waals surface area (Å²) in [7, 11) is 0. The van der Waals surface area contributed by atoms with Crippen molar-refractivity contribution in [2.75, 3.05) is 11.4 Å². The second kappa shape index (κ2) is 8.47. The molecule has 0 spiro atoms. The van der Waals surface area contributed by atoms with Gasteiger partial charge in [0.05, 0.1) is 23.7 Å². The number of hydrogen-bond acceptors (Lipinski definition) is 7. The summed E-state index contributed by atoms with van der Waals surface area (Å²) in [5.41, 5.74) is 0.623. The van der Waals surface area contributed by atoms with E-state index in [4.69, 9.17) is 5.10 Å². The molecular formula is C26H22FN7O3. The van der Waals surface area contributed by atoms with Crippen LogP contribution in [-0.4, -0.2) is 47.2 Å². The second-order valence-corrected chi connectivity index (χ2v) is 9.26. The molecule has 1 fully saturated rings. The van der Waals surface area contributed by atoms with Gasteiger partial charge in [-0.2, -0.15) is 5.10 Å². The summed E-state index contributed by atoms with van der Waals surface area (Å²) < 4.78 is 17.3. The van der Waals surface area contributed by atoms with E-state index in [-0.39, 0.29) is 36.0 Å². The van der Waals surface area contributed by atoms with E-state index in [1.54, 1.807) is 35.4 Å². The van der Waals surface area contributed by atoms with Crippen LogP contribution < -0.4 is 10.5 Å². The molecule has 1 saturated heterocycles. The van der Waals surface area contributed by atoms with Crippen molar-refractivity contribution < 1.29 is 14.0 Å². The topological polar surface area (TPSA) is 118 Å². The summed E-state index contributed by atoms with van der Waals surface area (Å²) in [6, 6.07) is 9.46. The van der Waals surface area contributed by atoms with E-state index in [9.17, 15) is 18.8 Å². The molecule has 1 aliphatic heterocycles. The fourth-order valence-electron chi connectivity index (χ4n) is 5.24. The van der Waals surface area contributed by atoms with Crippen LogP contribution in [0.4, 0.5) is 10.2 Å². The highest BCUT2D eigenvalue weighted by Gasteiger charge is 2.39. The van der Waals surface area contributed by atoms with Gasteiger partial charge in [-0.25, -0.2) is 18.9 Å². The summed E-state index contributed by atoms with van der Waals surface area (Å²) in [5.74, 6) is -0.449. The number of aromatic amines is 1. The largest absolute Gasteiger partial charge is 0.345 e. The molecule has 1 aromatic carbocycles. The van der Waals surface area contributed by atoms with Crippen LogP contribution in [0.3, 0.4) is 0 Å². The first kappa shape index (κ1) is 22.8. The number of H-pyrrole nitrogens is 1. The van der Waals surface area contributed by atoms with Crippen molar-refractivity contribution in [3.63, 3.8) is 0 Å². The first-order chi connectivity index (χ1) is 17.8. The molecule has 5 heterocycles. The first-order valence-corrected chi connectivity index (χ1v) is 11.8. The molecule has 0 amide bonds. The molecule has 11 heteroatoms. The molecule has 0 aliphatic carbocycles. The van der Waals surface area contributed by atoms with Gasteiger partial charge in [0.25, 0.3) is 5.56 Å². The normalized spacial score (nSPS) is 18.1. The van der Waals surface area contributed by atoms with Crippen molar-refractivity contribution in [1.29, 1.82) is 0 Å². The smallest absolute Gasteiger partial charge is 0.285 e. The van der Waals surface area contributed by atoms with Gasteiger partial charge in [-0.05, 0) is 31.0 Å². The Labute approximate surface area is 209 Å². The standard InChI is InChI=1S/C26H22FN7O3/c1-14-10-17(36)12-32(24-20-18(15(2)35)11-28-23(20)29-13-30-24)21(14)25-31-33-9-8-19(27)22(33)26(37)34(25)16-6-4-3-5-7-16/h3-9,11,13-14,21H,10,12H2,1-2H3,(H,28,29,30). The minimum Gasteiger partial charge on any atom is -0.345 e. The Balaban J connectivity index is 1.66. The summed E-state index contributed by atoms with van der Waals surface area (Å²) in [6.45, 7) is 3.34. The molecule has 186 valence electrons. The van der Waals surface area contributed by atoms with E-state index in [2.05, 4.69) is 15.0 Å². The fourth-order valence-corrected chi connectivity index (χ4v) is 5.24. The molecule has 5 aromatic rings. The van der Waals surface area contributed by atoms with Crippen LogP contribution in [0.15, 0.2) is 59.9 Å². The van der Waals surface area contributed by atoms with Crippen molar-refractivity contribution in [1.82, 2.24) is 29.1 Å². The van der Waals surface area contributed by atoms with Crippen molar-refractivity contribution >= 4 is 33.9 Å². The molecule has 0 saturated carbocycles. The number of rotatable bonds is 4. The lowest BCUT2D eigenvalue weighted by molar-refractivity contribution is -0.120. The van der Waals surface area contributed by atoms with Gasteiger partial charge in [0, 0.05) is 24.4 Å². The Kier molecular flexibility index (Phi) is 5.21. The van der Waals surface area contributed by atoms with Gasteiger partial charge in [0.15, 0.2) is 28.7 Å². The number of aromatic nitrogens is 6. The van der Waals surface area contributed by atoms with Crippen LogP contribution >= 0.6 is 0 Å². The number of para-hydroxylation sites is 1. The van der Waals surface area contributed by atoms with Gasteiger partial charge in [-0.3, -0.25) is 19.0 Å². The maximum Gasteiger partial charge on any atom is 0.285 e. The van der Waals surface area contributed by atoms with E-state index in [0.29, 0.717) is 33.9 Å². The Hall–Kier alpha value is -4.67. The zero-order valence-electron chi connectivity index (χ0n) is 20.1. The average molecular weight is 500 g/mol. The third-order valence-corrected chi connectivity index (χ3v) is 6.81. The number of carbonyl (C=O) groups is 2. The molecular weight excluding hydrogens is 477 g/mol. The van der Waals surface area contributed by atoms with Crippen LogP contribution in [0, 0.1) is 11.7 Å². The Morgan fingerprint density at radius 3 is 2.68 bits per heavy atom. The average Bonchev–Trinajstić information content (AvgIpc) is 3.48. The number of nitrogens with one attached hydrogen (secondary N) is 1. The summed E-state index contributed by atoms with van der Waals surface area (Å²) in [5, 5.41) is 5.19. The quantitative estimate of drug-likeness (QED) is 0.377. The highest BCUT2D eigenvalue weighted by molar-refractivity contribution is 6.10. The summed E-state index contributed by atoms with van der Waals surface area (Å²) >= 11 is 0. The van der Waals surface area contributed by atoms with Crippen molar-refractivity contribution in [2.45, 2.75) is 26.3 Å². The van der Waals surface area contributed by atoms with Crippen LogP contribution in [0.2, 0.25) is 0 Å². The van der Waals surface area contributed by atoms with Crippen molar-refractivity contribution in [3.8, 4) is 5.69 Å². The number of Topliss-reactive ketones (excluding diaryl/α,β-unsaturated/α-hetero) is 2. The predicted octanol–water partition coefficient (Wildman–Crippen LogP) is 3.25. The van der Waals surface area contributed by atoms with Crippen LogP contribution in [0.25, 0.3) is 22.2 Å². The highest BCUT2D eigenvalue weighted by atomic mass is 19.1. The molecule has 1 N–H and O–H groups in total. The zero-order chi connectivity index (χ0) is 25.8.